The van der Waals surface area contributed by atoms with Gasteiger partial charge in [-0.3, -0.25) is 9.59 Å². The van der Waals surface area contributed by atoms with Gasteiger partial charge in [0, 0.05) is 19.4 Å². The van der Waals surface area contributed by atoms with Crippen LogP contribution in [0.4, 0.5) is 0 Å². The number of rotatable bonds is 17. The molecule has 3 aromatic rings. The molecule has 0 bridgehead atoms. The van der Waals surface area contributed by atoms with Gasteiger partial charge in [0.1, 0.15) is 17.1 Å². The number of aliphatic carboxylic acids is 1. The predicted octanol–water partition coefficient (Wildman–Crippen LogP) is 6.18. The number of likely N-dealkylation sites (tertiary alicyclic amines) is 1. The maximum Gasteiger partial charge on any atom is 0.303 e. The lowest BCUT2D eigenvalue weighted by atomic mass is 9.80. The summed E-state index contributed by atoms with van der Waals surface area (Å²) in [5, 5.41) is 19.4. The number of ether oxygens (including phenoxy) is 3. The third kappa shape index (κ3) is 8.39. The Morgan fingerprint density at radius 3 is 1.77 bits per heavy atom. The van der Waals surface area contributed by atoms with Crippen LogP contribution in [0.25, 0.3) is 0 Å². The molecule has 0 spiro atoms. The minimum atomic E-state index is -0.997. The van der Waals surface area contributed by atoms with Gasteiger partial charge in [0.2, 0.25) is 5.91 Å². The van der Waals surface area contributed by atoms with Crippen LogP contribution < -0.4 is 9.47 Å². The molecule has 0 radical (unpaired) electrons. The maximum atomic E-state index is 13.4. The number of carbonyl (C=O) groups is 2. The molecular formula is C36H45NO7. The lowest BCUT2D eigenvalue weighted by Crippen LogP contribution is -2.42. The topological polar surface area (TPSA) is 106 Å². The Labute approximate surface area is 260 Å². The van der Waals surface area contributed by atoms with Gasteiger partial charge in [-0.05, 0) is 60.2 Å². The minimum absolute atomic E-state index is 0.0280. The van der Waals surface area contributed by atoms with Gasteiger partial charge in [-0.25, -0.2) is 0 Å². The van der Waals surface area contributed by atoms with Crippen LogP contribution in [0.3, 0.4) is 0 Å². The summed E-state index contributed by atoms with van der Waals surface area (Å²) in [7, 11) is 3.28. The summed E-state index contributed by atoms with van der Waals surface area (Å²) < 4.78 is 17.9. The molecule has 1 fully saturated rings. The number of β-amino-alcohol motifs (C(OH)–C–C–N with tert-alkyl or cyclic N) is 1. The van der Waals surface area contributed by atoms with Gasteiger partial charge in [0.05, 0.1) is 33.0 Å². The van der Waals surface area contributed by atoms with Crippen LogP contribution in [0.5, 0.6) is 11.5 Å². The van der Waals surface area contributed by atoms with Crippen molar-refractivity contribution >= 4 is 11.9 Å². The molecule has 0 saturated carbocycles. The smallest absolute Gasteiger partial charge is 0.303 e. The Bertz CT molecular complexity index is 1260. The van der Waals surface area contributed by atoms with Crippen molar-refractivity contribution < 1.29 is 34.0 Å². The molecule has 1 amide bonds. The zero-order valence-corrected chi connectivity index (χ0v) is 25.8. The highest BCUT2D eigenvalue weighted by atomic mass is 16.5. The van der Waals surface area contributed by atoms with Crippen molar-refractivity contribution in [3.8, 4) is 11.5 Å². The second kappa shape index (κ2) is 16.3. The molecule has 1 saturated heterocycles. The van der Waals surface area contributed by atoms with E-state index in [-0.39, 0.29) is 25.0 Å². The molecule has 2 N–H and O–H groups in total. The monoisotopic (exact) mass is 603 g/mol. The number of amides is 1. The quantitative estimate of drug-likeness (QED) is 0.140. The highest BCUT2D eigenvalue weighted by Crippen LogP contribution is 2.42. The Morgan fingerprint density at radius 1 is 0.750 bits per heavy atom. The van der Waals surface area contributed by atoms with Crippen LogP contribution in [0.15, 0.2) is 78.9 Å². The van der Waals surface area contributed by atoms with Crippen molar-refractivity contribution in [3.63, 3.8) is 0 Å². The highest BCUT2D eigenvalue weighted by Gasteiger charge is 2.41. The number of methoxy groups -OCH3 is 2. The fourth-order valence-corrected chi connectivity index (χ4v) is 6.05. The first-order valence-corrected chi connectivity index (χ1v) is 15.5. The highest BCUT2D eigenvalue weighted by molar-refractivity contribution is 5.77. The van der Waals surface area contributed by atoms with E-state index in [1.807, 2.05) is 78.9 Å². The molecular weight excluding hydrogens is 558 g/mol. The van der Waals surface area contributed by atoms with Crippen molar-refractivity contribution in [3.05, 3.63) is 95.6 Å². The second-order valence-electron chi connectivity index (χ2n) is 11.4. The summed E-state index contributed by atoms with van der Waals surface area (Å²) >= 11 is 0. The minimum Gasteiger partial charge on any atom is -0.497 e. The Morgan fingerprint density at radius 2 is 1.25 bits per heavy atom. The first kappa shape index (κ1) is 33.0. The first-order chi connectivity index (χ1) is 21.4. The summed E-state index contributed by atoms with van der Waals surface area (Å²) in [6, 6.07) is 25.5. The van der Waals surface area contributed by atoms with Gasteiger partial charge in [-0.2, -0.15) is 0 Å². The van der Waals surface area contributed by atoms with Gasteiger partial charge in [0.25, 0.3) is 0 Å². The fourth-order valence-electron chi connectivity index (χ4n) is 6.05. The van der Waals surface area contributed by atoms with Crippen LogP contribution >= 0.6 is 0 Å². The molecule has 236 valence electrons. The Hall–Kier alpha value is -3.88. The maximum absolute atomic E-state index is 13.4. The van der Waals surface area contributed by atoms with E-state index in [2.05, 4.69) is 0 Å². The number of hydrogen-bond donors (Lipinski definition) is 2. The van der Waals surface area contributed by atoms with Crippen molar-refractivity contribution in [2.24, 2.45) is 0 Å². The van der Waals surface area contributed by atoms with E-state index < -0.39 is 17.7 Å². The number of aliphatic hydroxyl groups excluding tert-OH is 1. The number of aliphatic hydroxyl groups is 1. The zero-order valence-electron chi connectivity index (χ0n) is 25.8. The predicted molar refractivity (Wildman–Crippen MR) is 169 cm³/mol. The molecule has 44 heavy (non-hydrogen) atoms. The van der Waals surface area contributed by atoms with E-state index in [0.29, 0.717) is 25.8 Å². The van der Waals surface area contributed by atoms with E-state index in [1.165, 1.54) is 0 Å². The molecule has 8 heteroatoms. The average molecular weight is 604 g/mol. The number of unbranched alkanes of at least 4 members (excludes halogenated alkanes) is 5. The van der Waals surface area contributed by atoms with Crippen molar-refractivity contribution in [1.82, 2.24) is 4.90 Å². The van der Waals surface area contributed by atoms with E-state index in [4.69, 9.17) is 19.3 Å². The van der Waals surface area contributed by atoms with Gasteiger partial charge < -0.3 is 29.3 Å². The molecule has 8 nitrogen and oxygen atoms in total. The molecule has 2 atom stereocenters. The van der Waals surface area contributed by atoms with Gasteiger partial charge >= 0.3 is 5.97 Å². The lowest BCUT2D eigenvalue weighted by molar-refractivity contribution is -0.137. The molecule has 1 heterocycles. The van der Waals surface area contributed by atoms with Crippen molar-refractivity contribution in [2.45, 2.75) is 75.5 Å². The zero-order chi connectivity index (χ0) is 31.4. The number of benzene rings is 3. The molecule has 0 aromatic heterocycles. The first-order valence-electron chi connectivity index (χ1n) is 15.5. The number of carboxylic acid groups (broad SMARTS) is 1. The van der Waals surface area contributed by atoms with Gasteiger partial charge in [-0.1, -0.05) is 80.3 Å². The number of nitrogens with zero attached hydrogens (tertiary/aromatic N) is 1. The Balaban J connectivity index is 1.53. The largest absolute Gasteiger partial charge is 0.497 e. The van der Waals surface area contributed by atoms with E-state index in [0.717, 1.165) is 60.3 Å². The van der Waals surface area contributed by atoms with Crippen molar-refractivity contribution in [2.75, 3.05) is 27.4 Å². The van der Waals surface area contributed by atoms with Gasteiger partial charge in [0.15, 0.2) is 0 Å². The molecule has 0 aliphatic carbocycles. The van der Waals surface area contributed by atoms with E-state index >= 15 is 0 Å². The number of carboxylic acids is 1. The van der Waals surface area contributed by atoms with E-state index in [1.54, 1.807) is 19.1 Å². The van der Waals surface area contributed by atoms with Crippen molar-refractivity contribution in [1.29, 1.82) is 0 Å². The third-order valence-electron chi connectivity index (χ3n) is 8.41. The summed E-state index contributed by atoms with van der Waals surface area (Å²) in [4.78, 5) is 25.8. The second-order valence-corrected chi connectivity index (χ2v) is 11.4. The molecule has 1 aliphatic rings. The molecule has 3 aromatic carbocycles. The van der Waals surface area contributed by atoms with E-state index in [9.17, 15) is 14.7 Å². The average Bonchev–Trinajstić information content (AvgIpc) is 3.43. The summed E-state index contributed by atoms with van der Waals surface area (Å²) in [5.74, 6) is 0.749. The standard InChI is InChI=1S/C36H45NO7/c1-42-32-20-16-28(17-21-32)36(27-12-8-7-9-13-27,29-18-22-33(43-2)23-19-29)44-26-30-24-31(38)25-37(30)34(39)14-10-5-3-4-6-11-15-35(40)41/h7-9,12-13,16-23,30-31,38H,3-6,10-11,14-15,24-26H2,1-2H3,(H,40,41)/t30-,31+/m0/s1. The van der Waals surface area contributed by atoms with Crippen LogP contribution in [0.2, 0.25) is 0 Å². The summed E-state index contributed by atoms with van der Waals surface area (Å²) in [5.41, 5.74) is 1.77. The van der Waals surface area contributed by atoms with Gasteiger partial charge in [-0.15, -0.1) is 0 Å². The lowest BCUT2D eigenvalue weighted by Gasteiger charge is -2.38. The Kier molecular flexibility index (Phi) is 12.2. The fraction of sp³-hybridized carbons (Fsp3) is 0.444. The third-order valence-corrected chi connectivity index (χ3v) is 8.41. The van der Waals surface area contributed by atoms with Crippen LogP contribution in [0.1, 0.15) is 74.5 Å². The number of hydrogen-bond acceptors (Lipinski definition) is 6. The SMILES string of the molecule is COc1ccc(C(OC[C@@H]2C[C@@H](O)CN2C(=O)CCCCCCCCC(=O)O)(c2ccccc2)c2ccc(OC)cc2)cc1. The van der Waals surface area contributed by atoms with Crippen LogP contribution in [0, 0.1) is 0 Å². The number of carbonyl (C=O) groups excluding carboxylic acids is 1. The van der Waals surface area contributed by atoms with Crippen LogP contribution in [-0.4, -0.2) is 66.5 Å². The normalized spacial score (nSPS) is 16.6. The molecule has 0 unspecified atom stereocenters. The van der Waals surface area contributed by atoms with Crippen LogP contribution in [-0.2, 0) is 19.9 Å². The summed E-state index contributed by atoms with van der Waals surface area (Å²) in [6.45, 7) is 0.533. The molecule has 1 aliphatic heterocycles. The molecule has 4 rings (SSSR count). The summed E-state index contributed by atoms with van der Waals surface area (Å²) in [6.07, 6.45) is 5.69.